The number of benzene rings is 2. The smallest absolute Gasteiger partial charge is 0.261 e. The van der Waals surface area contributed by atoms with Crippen LogP contribution in [0, 0.1) is 11.3 Å². The zero-order valence-electron chi connectivity index (χ0n) is 11.7. The van der Waals surface area contributed by atoms with E-state index in [4.69, 9.17) is 14.7 Å². The summed E-state index contributed by atoms with van der Waals surface area (Å²) in [5, 5.41) is 8.77. The van der Waals surface area contributed by atoms with Gasteiger partial charge in [0.25, 0.3) is 10.0 Å². The SMILES string of the molecule is N#Cc1ccc(S(=O)(=O)Nc2cc3c(cc2Br)OCCO3)cc1. The number of nitrogens with one attached hydrogen (secondary N) is 1. The minimum atomic E-state index is -3.77. The van der Waals surface area contributed by atoms with Crippen LogP contribution in [0.15, 0.2) is 45.8 Å². The molecule has 1 aliphatic heterocycles. The topological polar surface area (TPSA) is 88.4 Å². The molecule has 2 aromatic rings. The zero-order valence-corrected chi connectivity index (χ0v) is 14.1. The third kappa shape index (κ3) is 3.25. The molecule has 1 aliphatic rings. The van der Waals surface area contributed by atoms with Crippen molar-refractivity contribution in [1.82, 2.24) is 0 Å². The summed E-state index contributed by atoms with van der Waals surface area (Å²) in [6, 6.07) is 10.8. The van der Waals surface area contributed by atoms with E-state index in [0.717, 1.165) is 0 Å². The molecule has 0 saturated heterocycles. The molecule has 0 unspecified atom stereocenters. The van der Waals surface area contributed by atoms with E-state index in [2.05, 4.69) is 20.7 Å². The summed E-state index contributed by atoms with van der Waals surface area (Å²) in [5.41, 5.74) is 0.739. The van der Waals surface area contributed by atoms with Crippen molar-refractivity contribution in [2.75, 3.05) is 17.9 Å². The molecule has 6 nitrogen and oxygen atoms in total. The number of nitrogens with zero attached hydrogens (tertiary/aromatic N) is 1. The van der Waals surface area contributed by atoms with E-state index in [1.54, 1.807) is 12.1 Å². The highest BCUT2D eigenvalue weighted by atomic mass is 79.9. The fraction of sp³-hybridized carbons (Fsp3) is 0.133. The lowest BCUT2D eigenvalue weighted by Gasteiger charge is -2.20. The summed E-state index contributed by atoms with van der Waals surface area (Å²) in [5.74, 6) is 1.04. The van der Waals surface area contributed by atoms with E-state index in [1.807, 2.05) is 6.07 Å². The predicted octanol–water partition coefficient (Wildman–Crippen LogP) is 2.89. The van der Waals surface area contributed by atoms with Crippen LogP contribution in [0.2, 0.25) is 0 Å². The van der Waals surface area contributed by atoms with E-state index in [9.17, 15) is 8.42 Å². The largest absolute Gasteiger partial charge is 0.486 e. The highest BCUT2D eigenvalue weighted by Crippen LogP contribution is 2.38. The van der Waals surface area contributed by atoms with Crippen LogP contribution >= 0.6 is 15.9 Å². The van der Waals surface area contributed by atoms with Gasteiger partial charge in [0.1, 0.15) is 13.2 Å². The lowest BCUT2D eigenvalue weighted by atomic mass is 10.2. The Labute approximate surface area is 141 Å². The maximum absolute atomic E-state index is 12.4. The Bertz CT molecular complexity index is 889. The highest BCUT2D eigenvalue weighted by molar-refractivity contribution is 9.10. The lowest BCUT2D eigenvalue weighted by Crippen LogP contribution is -2.17. The fourth-order valence-electron chi connectivity index (χ4n) is 2.05. The Hall–Kier alpha value is -2.24. The average Bonchev–Trinajstić information content (AvgIpc) is 2.55. The normalized spacial score (nSPS) is 13.2. The first kappa shape index (κ1) is 15.6. The standard InChI is InChI=1S/C15H11BrN2O4S/c16-12-7-14-15(22-6-5-21-14)8-13(12)18-23(19,20)11-3-1-10(9-17)2-4-11/h1-4,7-8,18H,5-6H2. The third-order valence-corrected chi connectivity index (χ3v) is 5.21. The summed E-state index contributed by atoms with van der Waals surface area (Å²) < 4.78 is 38.8. The second-order valence-corrected chi connectivity index (χ2v) is 7.25. The van der Waals surface area contributed by atoms with Crippen LogP contribution in [0.5, 0.6) is 11.5 Å². The van der Waals surface area contributed by atoms with Gasteiger partial charge in [-0.2, -0.15) is 5.26 Å². The first-order valence-electron chi connectivity index (χ1n) is 6.62. The van der Waals surface area contributed by atoms with Gasteiger partial charge < -0.3 is 9.47 Å². The van der Waals surface area contributed by atoms with Crippen LogP contribution in [0.4, 0.5) is 5.69 Å². The highest BCUT2D eigenvalue weighted by Gasteiger charge is 2.19. The molecular weight excluding hydrogens is 384 g/mol. The Morgan fingerprint density at radius 1 is 1.09 bits per heavy atom. The van der Waals surface area contributed by atoms with Crippen molar-refractivity contribution in [2.24, 2.45) is 0 Å². The monoisotopic (exact) mass is 394 g/mol. The molecule has 23 heavy (non-hydrogen) atoms. The molecule has 2 aromatic carbocycles. The van der Waals surface area contributed by atoms with E-state index < -0.39 is 10.0 Å². The lowest BCUT2D eigenvalue weighted by molar-refractivity contribution is 0.171. The minimum absolute atomic E-state index is 0.0679. The zero-order chi connectivity index (χ0) is 16.4. The number of sulfonamides is 1. The summed E-state index contributed by atoms with van der Waals surface area (Å²) in [7, 11) is -3.77. The van der Waals surface area contributed by atoms with Gasteiger partial charge in [-0.1, -0.05) is 0 Å². The summed E-state index contributed by atoms with van der Waals surface area (Å²) >= 11 is 3.32. The maximum atomic E-state index is 12.4. The molecule has 0 atom stereocenters. The summed E-state index contributed by atoms with van der Waals surface area (Å²) in [6.45, 7) is 0.867. The molecule has 0 amide bonds. The quantitative estimate of drug-likeness (QED) is 0.864. The van der Waals surface area contributed by atoms with Crippen LogP contribution < -0.4 is 14.2 Å². The predicted molar refractivity (Wildman–Crippen MR) is 87.1 cm³/mol. The Morgan fingerprint density at radius 3 is 2.30 bits per heavy atom. The number of hydrogen-bond donors (Lipinski definition) is 1. The average molecular weight is 395 g/mol. The maximum Gasteiger partial charge on any atom is 0.261 e. The summed E-state index contributed by atoms with van der Waals surface area (Å²) in [6.07, 6.45) is 0. The Balaban J connectivity index is 1.92. The van der Waals surface area contributed by atoms with Gasteiger partial charge in [0.15, 0.2) is 11.5 Å². The van der Waals surface area contributed by atoms with Crippen LogP contribution in [-0.2, 0) is 10.0 Å². The van der Waals surface area contributed by atoms with Gasteiger partial charge in [-0.25, -0.2) is 8.42 Å². The van der Waals surface area contributed by atoms with Crippen LogP contribution in [0.25, 0.3) is 0 Å². The molecule has 1 heterocycles. The van der Waals surface area contributed by atoms with Crippen molar-refractivity contribution in [1.29, 1.82) is 5.26 Å². The molecule has 0 bridgehead atoms. The van der Waals surface area contributed by atoms with Crippen molar-refractivity contribution in [2.45, 2.75) is 4.90 Å². The summed E-state index contributed by atoms with van der Waals surface area (Å²) in [4.78, 5) is 0.0679. The molecule has 0 aromatic heterocycles. The van der Waals surface area contributed by atoms with E-state index >= 15 is 0 Å². The van der Waals surface area contributed by atoms with E-state index in [0.29, 0.717) is 40.4 Å². The van der Waals surface area contributed by atoms with Crippen molar-refractivity contribution in [3.8, 4) is 17.6 Å². The van der Waals surface area contributed by atoms with Gasteiger partial charge in [-0.3, -0.25) is 4.72 Å². The van der Waals surface area contributed by atoms with Crippen LogP contribution in [0.1, 0.15) is 5.56 Å². The van der Waals surface area contributed by atoms with E-state index in [1.165, 1.54) is 24.3 Å². The van der Waals surface area contributed by atoms with Gasteiger partial charge in [0, 0.05) is 16.6 Å². The second-order valence-electron chi connectivity index (χ2n) is 4.72. The van der Waals surface area contributed by atoms with Crippen molar-refractivity contribution in [3.05, 3.63) is 46.4 Å². The molecule has 118 valence electrons. The second kappa shape index (κ2) is 6.10. The number of halogens is 1. The first-order valence-corrected chi connectivity index (χ1v) is 8.89. The fourth-order valence-corrected chi connectivity index (χ4v) is 3.68. The minimum Gasteiger partial charge on any atom is -0.486 e. The van der Waals surface area contributed by atoms with Gasteiger partial charge in [-0.05, 0) is 40.2 Å². The number of hydrogen-bond acceptors (Lipinski definition) is 5. The third-order valence-electron chi connectivity index (χ3n) is 3.17. The molecule has 0 saturated carbocycles. The number of ether oxygens (including phenoxy) is 2. The molecular formula is C15H11BrN2O4S. The number of fused-ring (bicyclic) bond motifs is 1. The number of rotatable bonds is 3. The molecule has 3 rings (SSSR count). The molecule has 0 aliphatic carbocycles. The van der Waals surface area contributed by atoms with E-state index in [-0.39, 0.29) is 4.90 Å². The Morgan fingerprint density at radius 2 is 1.70 bits per heavy atom. The molecule has 0 fully saturated rings. The molecule has 8 heteroatoms. The Kier molecular flexibility index (Phi) is 4.15. The van der Waals surface area contributed by atoms with Gasteiger partial charge >= 0.3 is 0 Å². The van der Waals surface area contributed by atoms with Gasteiger partial charge in [0.2, 0.25) is 0 Å². The molecule has 0 spiro atoms. The van der Waals surface area contributed by atoms with Crippen LogP contribution in [-0.4, -0.2) is 21.6 Å². The van der Waals surface area contributed by atoms with Gasteiger partial charge in [0.05, 0.1) is 22.2 Å². The van der Waals surface area contributed by atoms with Crippen molar-refractivity contribution in [3.63, 3.8) is 0 Å². The van der Waals surface area contributed by atoms with Crippen molar-refractivity contribution < 1.29 is 17.9 Å². The van der Waals surface area contributed by atoms with Gasteiger partial charge in [-0.15, -0.1) is 0 Å². The van der Waals surface area contributed by atoms with Crippen LogP contribution in [0.3, 0.4) is 0 Å². The number of anilines is 1. The molecule has 1 N–H and O–H groups in total. The first-order chi connectivity index (χ1) is 11.0. The molecule has 0 radical (unpaired) electrons. The number of nitriles is 1. The van der Waals surface area contributed by atoms with Crippen molar-refractivity contribution >= 4 is 31.6 Å².